The van der Waals surface area contributed by atoms with Crippen LogP contribution in [0.2, 0.25) is 0 Å². The summed E-state index contributed by atoms with van der Waals surface area (Å²) in [5.74, 6) is -0.0310. The topological polar surface area (TPSA) is 61.4 Å². The third-order valence-corrected chi connectivity index (χ3v) is 4.06. The second-order valence-corrected chi connectivity index (χ2v) is 5.82. The van der Waals surface area contributed by atoms with Crippen LogP contribution in [0.1, 0.15) is 36.0 Å². The van der Waals surface area contributed by atoms with Gasteiger partial charge in [-0.3, -0.25) is 4.79 Å². The number of nitrogens with zero attached hydrogens (tertiary/aromatic N) is 1. The quantitative estimate of drug-likeness (QED) is 0.889. The van der Waals surface area contributed by atoms with E-state index in [0.29, 0.717) is 24.7 Å². The minimum atomic E-state index is -0.0310. The molecule has 0 spiro atoms. The molecule has 5 nitrogen and oxygen atoms in total. The fourth-order valence-electron chi connectivity index (χ4n) is 2.58. The summed E-state index contributed by atoms with van der Waals surface area (Å²) < 4.78 is 0. The van der Waals surface area contributed by atoms with Crippen LogP contribution in [0, 0.1) is 0 Å². The van der Waals surface area contributed by atoms with Gasteiger partial charge >= 0.3 is 6.03 Å². The first-order valence-electron chi connectivity index (χ1n) is 7.64. The molecule has 1 aromatic rings. The summed E-state index contributed by atoms with van der Waals surface area (Å²) in [6.07, 6.45) is 3.85. The molecule has 0 unspecified atom stereocenters. The van der Waals surface area contributed by atoms with Crippen molar-refractivity contribution in [2.24, 2.45) is 0 Å². The maximum atomic E-state index is 12.1. The molecule has 2 N–H and O–H groups in total. The zero-order valence-electron chi connectivity index (χ0n) is 12.0. The summed E-state index contributed by atoms with van der Waals surface area (Å²) in [6, 6.07) is 9.84. The maximum absolute atomic E-state index is 12.1. The number of carbonyl (C=O) groups excluding carboxylic acids is 2. The Kier molecular flexibility index (Phi) is 4.08. The van der Waals surface area contributed by atoms with Crippen molar-refractivity contribution in [3.05, 3.63) is 35.9 Å². The normalized spacial score (nSPS) is 19.1. The second kappa shape index (κ2) is 6.16. The molecule has 112 valence electrons. The smallest absolute Gasteiger partial charge is 0.317 e. The highest BCUT2D eigenvalue weighted by Crippen LogP contribution is 2.20. The van der Waals surface area contributed by atoms with Crippen LogP contribution in [0.5, 0.6) is 0 Å². The summed E-state index contributed by atoms with van der Waals surface area (Å²) in [5.41, 5.74) is 0.686. The SMILES string of the molecule is O=C(NC1CCN(C(=O)NC2CC2)CC1)c1ccccc1. The number of hydrogen-bond donors (Lipinski definition) is 2. The lowest BCUT2D eigenvalue weighted by atomic mass is 10.0. The number of benzene rings is 1. The molecule has 21 heavy (non-hydrogen) atoms. The largest absolute Gasteiger partial charge is 0.349 e. The maximum Gasteiger partial charge on any atom is 0.317 e. The van der Waals surface area contributed by atoms with Crippen LogP contribution in [0.3, 0.4) is 0 Å². The third-order valence-electron chi connectivity index (χ3n) is 4.06. The lowest BCUT2D eigenvalue weighted by molar-refractivity contribution is 0.0918. The minimum Gasteiger partial charge on any atom is -0.349 e. The summed E-state index contributed by atoms with van der Waals surface area (Å²) in [7, 11) is 0. The number of nitrogens with one attached hydrogen (secondary N) is 2. The molecule has 1 aliphatic carbocycles. The van der Waals surface area contributed by atoms with Gasteiger partial charge in [-0.2, -0.15) is 0 Å². The van der Waals surface area contributed by atoms with Crippen LogP contribution < -0.4 is 10.6 Å². The van der Waals surface area contributed by atoms with Gasteiger partial charge in [0.2, 0.25) is 0 Å². The van der Waals surface area contributed by atoms with E-state index in [1.807, 2.05) is 35.2 Å². The van der Waals surface area contributed by atoms with E-state index >= 15 is 0 Å². The molecular weight excluding hydrogens is 266 g/mol. The Labute approximate surface area is 124 Å². The number of amides is 3. The predicted octanol–water partition coefficient (Wildman–Crippen LogP) is 1.75. The molecule has 1 heterocycles. The first-order chi connectivity index (χ1) is 10.2. The Balaban J connectivity index is 1.45. The molecule has 0 bridgehead atoms. The van der Waals surface area contributed by atoms with Crippen molar-refractivity contribution in [3.8, 4) is 0 Å². The van der Waals surface area contributed by atoms with Crippen LogP contribution in [0.15, 0.2) is 30.3 Å². The van der Waals surface area contributed by atoms with E-state index in [-0.39, 0.29) is 18.0 Å². The number of rotatable bonds is 3. The molecule has 1 saturated carbocycles. The molecule has 2 fully saturated rings. The number of likely N-dealkylation sites (tertiary alicyclic amines) is 1. The molecule has 1 aromatic carbocycles. The van der Waals surface area contributed by atoms with Crippen LogP contribution in [-0.4, -0.2) is 42.0 Å². The summed E-state index contributed by atoms with van der Waals surface area (Å²) in [4.78, 5) is 25.9. The number of carbonyl (C=O) groups is 2. The zero-order valence-corrected chi connectivity index (χ0v) is 12.0. The van der Waals surface area contributed by atoms with Gasteiger partial charge in [-0.1, -0.05) is 18.2 Å². The molecular formula is C16H21N3O2. The molecule has 1 aliphatic heterocycles. The van der Waals surface area contributed by atoms with Crippen LogP contribution in [-0.2, 0) is 0 Å². The molecule has 3 amide bonds. The van der Waals surface area contributed by atoms with Crippen molar-refractivity contribution in [1.82, 2.24) is 15.5 Å². The first kappa shape index (κ1) is 13.9. The van der Waals surface area contributed by atoms with E-state index in [4.69, 9.17) is 0 Å². The highest BCUT2D eigenvalue weighted by Gasteiger charge is 2.28. The molecule has 1 saturated heterocycles. The van der Waals surface area contributed by atoms with Crippen molar-refractivity contribution in [2.75, 3.05) is 13.1 Å². The van der Waals surface area contributed by atoms with E-state index < -0.39 is 0 Å². The standard InChI is InChI=1S/C16H21N3O2/c20-15(12-4-2-1-3-5-12)17-14-8-10-19(11-9-14)16(21)18-13-6-7-13/h1-5,13-14H,6-11H2,(H,17,20)(H,18,21). The predicted molar refractivity (Wildman–Crippen MR) is 80.1 cm³/mol. The van der Waals surface area contributed by atoms with Crippen molar-refractivity contribution in [3.63, 3.8) is 0 Å². The highest BCUT2D eigenvalue weighted by molar-refractivity contribution is 5.94. The van der Waals surface area contributed by atoms with Gasteiger partial charge < -0.3 is 15.5 Å². The monoisotopic (exact) mass is 287 g/mol. The van der Waals surface area contributed by atoms with Gasteiger partial charge in [-0.15, -0.1) is 0 Å². The lowest BCUT2D eigenvalue weighted by Crippen LogP contribution is -2.49. The number of piperidine rings is 1. The Morgan fingerprint density at radius 2 is 1.52 bits per heavy atom. The van der Waals surface area contributed by atoms with Crippen molar-refractivity contribution < 1.29 is 9.59 Å². The highest BCUT2D eigenvalue weighted by atomic mass is 16.2. The van der Waals surface area contributed by atoms with Gasteiger partial charge in [0.1, 0.15) is 0 Å². The van der Waals surface area contributed by atoms with Crippen LogP contribution in [0.4, 0.5) is 4.79 Å². The summed E-state index contributed by atoms with van der Waals surface area (Å²) in [6.45, 7) is 1.41. The van der Waals surface area contributed by atoms with Gasteiger partial charge in [0.05, 0.1) is 0 Å². The Morgan fingerprint density at radius 1 is 0.905 bits per heavy atom. The molecule has 0 radical (unpaired) electrons. The number of urea groups is 1. The Morgan fingerprint density at radius 3 is 2.14 bits per heavy atom. The molecule has 5 heteroatoms. The van der Waals surface area contributed by atoms with E-state index in [0.717, 1.165) is 25.7 Å². The van der Waals surface area contributed by atoms with Gasteiger partial charge in [-0.25, -0.2) is 4.79 Å². The number of hydrogen-bond acceptors (Lipinski definition) is 2. The van der Waals surface area contributed by atoms with Gasteiger partial charge in [0.15, 0.2) is 0 Å². The van der Waals surface area contributed by atoms with Crippen molar-refractivity contribution in [1.29, 1.82) is 0 Å². The third kappa shape index (κ3) is 3.74. The zero-order chi connectivity index (χ0) is 14.7. The van der Waals surface area contributed by atoms with E-state index in [9.17, 15) is 9.59 Å². The average Bonchev–Trinajstić information content (AvgIpc) is 3.33. The molecule has 3 rings (SSSR count). The summed E-state index contributed by atoms with van der Waals surface area (Å²) in [5, 5.41) is 6.06. The average molecular weight is 287 g/mol. The van der Waals surface area contributed by atoms with Gasteiger partial charge in [-0.05, 0) is 37.8 Å². The molecule has 0 aromatic heterocycles. The van der Waals surface area contributed by atoms with E-state index in [1.165, 1.54) is 0 Å². The van der Waals surface area contributed by atoms with E-state index in [2.05, 4.69) is 10.6 Å². The molecule has 2 aliphatic rings. The summed E-state index contributed by atoms with van der Waals surface area (Å²) >= 11 is 0. The fourth-order valence-corrected chi connectivity index (χ4v) is 2.58. The van der Waals surface area contributed by atoms with Crippen molar-refractivity contribution in [2.45, 2.75) is 37.8 Å². The van der Waals surface area contributed by atoms with Crippen LogP contribution in [0.25, 0.3) is 0 Å². The Bertz CT molecular complexity index is 506. The molecule has 0 atom stereocenters. The van der Waals surface area contributed by atoms with Gasteiger partial charge in [0, 0.05) is 30.7 Å². The fraction of sp³-hybridized carbons (Fsp3) is 0.500. The first-order valence-corrected chi connectivity index (χ1v) is 7.64. The minimum absolute atomic E-state index is 0.0310. The van der Waals surface area contributed by atoms with Crippen LogP contribution >= 0.6 is 0 Å². The second-order valence-electron chi connectivity index (χ2n) is 5.82. The lowest BCUT2D eigenvalue weighted by Gasteiger charge is -2.32. The Hall–Kier alpha value is -2.04. The van der Waals surface area contributed by atoms with E-state index in [1.54, 1.807) is 0 Å². The van der Waals surface area contributed by atoms with Crippen molar-refractivity contribution >= 4 is 11.9 Å². The van der Waals surface area contributed by atoms with Gasteiger partial charge in [0.25, 0.3) is 5.91 Å².